The van der Waals surface area contributed by atoms with Crippen LogP contribution in [0.15, 0.2) is 36.4 Å². The maximum absolute atomic E-state index is 14.7. The molecule has 14 heteroatoms. The monoisotopic (exact) mass is 820 g/mol. The number of fused-ring (bicyclic) bond motifs is 10. The summed E-state index contributed by atoms with van der Waals surface area (Å²) in [6.07, 6.45) is 11.1. The van der Waals surface area contributed by atoms with Gasteiger partial charge in [-0.3, -0.25) is 19.2 Å². The third-order valence-electron chi connectivity index (χ3n) is 12.2. The Morgan fingerprint density at radius 1 is 0.517 bits per heavy atom. The Bertz CT molecular complexity index is 2650. The minimum Gasteiger partial charge on any atom is -0.480 e. The molecule has 11 rings (SSSR count). The first-order chi connectivity index (χ1) is 27.9. The normalized spacial score (nSPS) is 20.8. The van der Waals surface area contributed by atoms with E-state index in [9.17, 15) is 36.7 Å². The summed E-state index contributed by atoms with van der Waals surface area (Å²) in [5.74, 6) is -6.76. The van der Waals surface area contributed by atoms with E-state index in [1.807, 2.05) is 12.1 Å². The van der Waals surface area contributed by atoms with Gasteiger partial charge in [0.1, 0.15) is 56.2 Å². The number of ketones is 4. The fourth-order valence-corrected chi connectivity index (χ4v) is 11.8. The molecule has 2 aliphatic heterocycles. The van der Waals surface area contributed by atoms with Crippen LogP contribution in [-0.2, 0) is 20.8 Å². The van der Waals surface area contributed by atoms with E-state index < -0.39 is 68.7 Å². The Labute approximate surface area is 335 Å². The Balaban J connectivity index is 1.06. The number of carbonyl (C=O) groups is 4. The third-order valence-corrected chi connectivity index (χ3v) is 14.3. The van der Waals surface area contributed by atoms with E-state index in [0.29, 0.717) is 70.7 Å². The highest BCUT2D eigenvalue weighted by atomic mass is 32.1. The van der Waals surface area contributed by atoms with Crippen LogP contribution in [0.3, 0.4) is 0 Å². The first-order valence-corrected chi connectivity index (χ1v) is 20.8. The van der Waals surface area contributed by atoms with Crippen molar-refractivity contribution in [1.82, 2.24) is 9.97 Å². The Morgan fingerprint density at radius 2 is 0.914 bits per heavy atom. The number of hydrogen-bond acceptors (Lipinski definition) is 10. The number of nitrogens with zero attached hydrogens (tertiary/aromatic N) is 2. The fraction of sp³-hybridized carbons (Fsp3) is 0.273. The number of thiazole rings is 2. The minimum atomic E-state index is -1.09. The molecule has 4 aliphatic carbocycles. The molecule has 58 heavy (non-hydrogen) atoms. The molecule has 2 saturated carbocycles. The molecule has 0 amide bonds. The highest BCUT2D eigenvalue weighted by Gasteiger charge is 2.49. The van der Waals surface area contributed by atoms with Crippen molar-refractivity contribution in [2.24, 2.45) is 0 Å². The third kappa shape index (κ3) is 5.03. The van der Waals surface area contributed by atoms with Crippen LogP contribution in [0.25, 0.3) is 44.2 Å². The van der Waals surface area contributed by atoms with E-state index in [4.69, 9.17) is 19.4 Å². The van der Waals surface area contributed by atoms with Crippen LogP contribution >= 0.6 is 22.7 Å². The minimum absolute atomic E-state index is 0.104. The van der Waals surface area contributed by atoms with Crippen molar-refractivity contribution in [3.63, 3.8) is 0 Å². The van der Waals surface area contributed by atoms with Crippen molar-refractivity contribution < 1.29 is 46.2 Å². The van der Waals surface area contributed by atoms with Crippen LogP contribution in [0.1, 0.15) is 117 Å². The lowest BCUT2D eigenvalue weighted by Gasteiger charge is -2.43. The number of benzene rings is 3. The number of hydrogen-bond donors (Lipinski definition) is 0. The molecule has 3 aromatic carbocycles. The summed E-state index contributed by atoms with van der Waals surface area (Å²) >= 11 is 2.59. The van der Waals surface area contributed by atoms with Gasteiger partial charge in [-0.25, -0.2) is 27.5 Å². The maximum atomic E-state index is 14.7. The van der Waals surface area contributed by atoms with Crippen LogP contribution in [-0.4, -0.2) is 33.1 Å². The average molecular weight is 821 g/mol. The molecule has 0 bridgehead atoms. The summed E-state index contributed by atoms with van der Waals surface area (Å²) in [4.78, 5) is 63.5. The largest absolute Gasteiger partial charge is 0.480 e. The first kappa shape index (κ1) is 35.6. The van der Waals surface area contributed by atoms with Gasteiger partial charge in [-0.15, -0.1) is 22.7 Å². The van der Waals surface area contributed by atoms with Gasteiger partial charge in [-0.2, -0.15) is 0 Å². The molecule has 4 heterocycles. The molecular formula is C44H28F4N2O6S2. The number of halogens is 4. The van der Waals surface area contributed by atoms with Gasteiger partial charge in [-0.1, -0.05) is 12.8 Å². The van der Waals surface area contributed by atoms with E-state index in [0.717, 1.165) is 71.5 Å². The van der Waals surface area contributed by atoms with Gasteiger partial charge in [-0.05, 0) is 87.8 Å². The molecule has 5 aromatic rings. The molecule has 0 N–H and O–H groups in total. The van der Waals surface area contributed by atoms with E-state index in [-0.39, 0.29) is 22.3 Å². The average Bonchev–Trinajstić information content (AvgIpc) is 3.94. The standard InChI is InChI=1S/C44H28F4N2O6S2/c45-19-11-21-23(35(51)37(53)33(21)27(47)13-19)17-31-49-41-39(57-31)25-16-30-26(15-29(25)55-43(41)7-3-1-4-8-43)40-42(44(56-30)9-5-2-6-10-44)50-32(58-40)18-24-22-12-20(46)14-28(48)34(22)38(54)36(24)52/h11-18H,1-10H2/b23-17-,24-18-. The van der Waals surface area contributed by atoms with Crippen molar-refractivity contribution in [2.75, 3.05) is 0 Å². The molecule has 0 unspecified atom stereocenters. The van der Waals surface area contributed by atoms with Crippen molar-refractivity contribution in [3.8, 4) is 32.4 Å². The predicted molar refractivity (Wildman–Crippen MR) is 207 cm³/mol. The second-order valence-electron chi connectivity index (χ2n) is 15.7. The lowest BCUT2D eigenvalue weighted by atomic mass is 9.78. The summed E-state index contributed by atoms with van der Waals surface area (Å²) in [6, 6.07) is 7.02. The number of aromatic nitrogens is 2. The molecule has 2 fully saturated rings. The maximum Gasteiger partial charge on any atom is 0.237 e. The molecule has 0 saturated heterocycles. The zero-order valence-electron chi connectivity index (χ0n) is 30.4. The molecular weight excluding hydrogens is 793 g/mol. The zero-order valence-corrected chi connectivity index (χ0v) is 32.0. The van der Waals surface area contributed by atoms with Crippen LogP contribution in [0.2, 0.25) is 0 Å². The molecule has 290 valence electrons. The van der Waals surface area contributed by atoms with Gasteiger partial charge >= 0.3 is 0 Å². The second-order valence-corrected chi connectivity index (χ2v) is 17.7. The number of allylic oxidation sites excluding steroid dienone is 2. The molecule has 0 radical (unpaired) electrons. The van der Waals surface area contributed by atoms with Crippen LogP contribution in [0.4, 0.5) is 17.6 Å². The first-order valence-electron chi connectivity index (χ1n) is 19.1. The lowest BCUT2D eigenvalue weighted by molar-refractivity contribution is -0.110. The van der Waals surface area contributed by atoms with Crippen molar-refractivity contribution in [1.29, 1.82) is 0 Å². The van der Waals surface area contributed by atoms with Gasteiger partial charge in [0, 0.05) is 45.5 Å². The van der Waals surface area contributed by atoms with Crippen LogP contribution in [0, 0.1) is 23.3 Å². The predicted octanol–water partition coefficient (Wildman–Crippen LogP) is 10.2. The van der Waals surface area contributed by atoms with Gasteiger partial charge < -0.3 is 9.47 Å². The number of rotatable bonds is 2. The van der Waals surface area contributed by atoms with Crippen molar-refractivity contribution >= 4 is 69.1 Å². The number of carbonyl (C=O) groups excluding carboxylic acids is 4. The van der Waals surface area contributed by atoms with E-state index >= 15 is 0 Å². The highest BCUT2D eigenvalue weighted by molar-refractivity contribution is 7.16. The summed E-state index contributed by atoms with van der Waals surface area (Å²) in [7, 11) is 0. The van der Waals surface area contributed by atoms with E-state index in [2.05, 4.69) is 0 Å². The fourth-order valence-electron chi connectivity index (χ4n) is 9.59. The molecule has 2 spiro atoms. The van der Waals surface area contributed by atoms with Crippen molar-refractivity contribution in [2.45, 2.75) is 75.4 Å². The molecule has 0 atom stereocenters. The van der Waals surface area contributed by atoms with Gasteiger partial charge in [0.25, 0.3) is 0 Å². The van der Waals surface area contributed by atoms with Gasteiger partial charge in [0.2, 0.25) is 23.1 Å². The smallest absolute Gasteiger partial charge is 0.237 e. The van der Waals surface area contributed by atoms with E-state index in [1.54, 1.807) is 0 Å². The summed E-state index contributed by atoms with van der Waals surface area (Å²) in [6.45, 7) is 0. The topological polar surface area (TPSA) is 113 Å². The molecule has 2 aromatic heterocycles. The quantitative estimate of drug-likeness (QED) is 0.0983. The Hall–Kier alpha value is -5.60. The van der Waals surface area contributed by atoms with Crippen LogP contribution in [0.5, 0.6) is 11.5 Å². The summed E-state index contributed by atoms with van der Waals surface area (Å²) in [5.41, 5.74) is -0.127. The zero-order chi connectivity index (χ0) is 39.8. The Kier molecular flexibility index (Phi) is 7.63. The SMILES string of the molecule is O=C1C(=O)c2c(F)cc(F)cc2/C1=C/c1nc2c(s1)-c1cc3c(cc1OC21CCCCC1)-c1sc(/C=C2\C(=O)C(=O)c4c(F)cc(F)cc42)nc1C1(CCCCC1)O3. The highest BCUT2D eigenvalue weighted by Crippen LogP contribution is 2.59. The number of Topliss-reactive ketones (excluding diaryl/α,β-unsaturated/α-hetero) is 4. The Morgan fingerprint density at radius 3 is 1.31 bits per heavy atom. The summed E-state index contributed by atoms with van der Waals surface area (Å²) < 4.78 is 72.1. The van der Waals surface area contributed by atoms with Gasteiger partial charge in [0.05, 0.1) is 20.9 Å². The molecule has 6 aliphatic rings. The van der Waals surface area contributed by atoms with Gasteiger partial charge in [0.15, 0.2) is 11.2 Å². The molecule has 8 nitrogen and oxygen atoms in total. The van der Waals surface area contributed by atoms with Crippen LogP contribution < -0.4 is 9.47 Å². The summed E-state index contributed by atoms with van der Waals surface area (Å²) in [5, 5.41) is 0.761. The van der Waals surface area contributed by atoms with E-state index in [1.165, 1.54) is 34.8 Å². The van der Waals surface area contributed by atoms with Crippen molar-refractivity contribution in [3.05, 3.63) is 103 Å². The lowest BCUT2D eigenvalue weighted by Crippen LogP contribution is -2.39. The number of ether oxygens (including phenoxy) is 2. The second kappa shape index (κ2) is 12.5.